The van der Waals surface area contributed by atoms with E-state index in [2.05, 4.69) is 0 Å². The second-order valence-electron chi connectivity index (χ2n) is 7.72. The summed E-state index contributed by atoms with van der Waals surface area (Å²) in [5, 5.41) is 33.6. The summed E-state index contributed by atoms with van der Waals surface area (Å²) in [6.45, 7) is -0.429. The maximum absolute atomic E-state index is 13.2. The third kappa shape index (κ3) is 8.15. The molecule has 1 amide bonds. The molecule has 1 atom stereocenters. The summed E-state index contributed by atoms with van der Waals surface area (Å²) < 4.78 is 29.5. The van der Waals surface area contributed by atoms with Gasteiger partial charge in [0.1, 0.15) is 12.6 Å². The normalized spacial score (nSPS) is 12.1. The molecule has 0 aliphatic rings. The number of nitrogens with zero attached hydrogens (tertiary/aromatic N) is 3. The number of hydroxylamine groups is 1. The predicted octanol–water partition coefficient (Wildman–Crippen LogP) is 2.64. The van der Waals surface area contributed by atoms with Gasteiger partial charge in [-0.25, -0.2) is 18.6 Å². The molecule has 4 N–H and O–H groups in total. The number of nitrogens with two attached hydrogens (primary N) is 1. The van der Waals surface area contributed by atoms with Gasteiger partial charge in [0.25, 0.3) is 11.4 Å². The fourth-order valence-corrected chi connectivity index (χ4v) is 4.52. The molecule has 38 heavy (non-hydrogen) atoms. The molecule has 0 saturated carbocycles. The van der Waals surface area contributed by atoms with E-state index in [9.17, 15) is 43.4 Å². The number of ketones is 1. The number of carbonyl (C=O) groups excluding carboxylic acids is 2. The number of hydrogen-bond acceptors (Lipinski definition) is 12. The van der Waals surface area contributed by atoms with E-state index in [1.54, 1.807) is 0 Å². The van der Waals surface area contributed by atoms with Crippen LogP contribution in [0.1, 0.15) is 29.6 Å². The van der Waals surface area contributed by atoms with Gasteiger partial charge in [-0.1, -0.05) is 16.8 Å². The number of nitro benzene ring substituents is 2. The van der Waals surface area contributed by atoms with Crippen molar-refractivity contribution in [3.63, 3.8) is 0 Å². The number of amides is 1. The topological polar surface area (TPSA) is 225 Å². The summed E-state index contributed by atoms with van der Waals surface area (Å²) in [5.74, 6) is -1.83. The first kappa shape index (κ1) is 30.5. The van der Waals surface area contributed by atoms with Crippen LogP contribution >= 0.6 is 11.6 Å². The molecule has 0 spiro atoms. The van der Waals surface area contributed by atoms with Gasteiger partial charge in [0, 0.05) is 17.2 Å². The molecule has 0 bridgehead atoms. The second-order valence-corrected chi connectivity index (χ2v) is 10.3. The van der Waals surface area contributed by atoms with Gasteiger partial charge in [0.2, 0.25) is 0 Å². The highest BCUT2D eigenvalue weighted by molar-refractivity contribution is 7.91. The molecular formula is C21H24ClN5O10S. The molecule has 0 radical (unpaired) electrons. The fraction of sp³-hybridized carbons (Fsp3) is 0.333. The third-order valence-electron chi connectivity index (χ3n) is 5.15. The van der Waals surface area contributed by atoms with Gasteiger partial charge in [-0.05, 0) is 56.1 Å². The first-order chi connectivity index (χ1) is 17.9. The number of nitrogens with one attached hydrogen (secondary N) is 1. The molecule has 17 heteroatoms. The Morgan fingerprint density at radius 3 is 2.18 bits per heavy atom. The predicted molar refractivity (Wildman–Crippen MR) is 132 cm³/mol. The molecule has 0 fully saturated rings. The molecule has 0 heterocycles. The van der Waals surface area contributed by atoms with Crippen molar-refractivity contribution in [3.05, 3.63) is 73.3 Å². The Kier molecular flexibility index (Phi) is 11.0. The highest BCUT2D eigenvalue weighted by Crippen LogP contribution is 2.31. The van der Waals surface area contributed by atoms with Crippen molar-refractivity contribution in [2.45, 2.75) is 30.2 Å². The van der Waals surface area contributed by atoms with E-state index < -0.39 is 66.9 Å². The number of halogens is 1. The zero-order valence-corrected chi connectivity index (χ0v) is 21.3. The Bertz CT molecular complexity index is 1260. The Labute approximate surface area is 221 Å². The summed E-state index contributed by atoms with van der Waals surface area (Å²) >= 11 is 5.73. The minimum atomic E-state index is -3.84. The highest BCUT2D eigenvalue weighted by Gasteiger charge is 2.37. The average Bonchev–Trinajstić information content (AvgIpc) is 2.85. The van der Waals surface area contributed by atoms with Crippen molar-refractivity contribution in [1.82, 2.24) is 10.6 Å². The van der Waals surface area contributed by atoms with Gasteiger partial charge >= 0.3 is 6.09 Å². The number of nitro groups is 2. The Morgan fingerprint density at radius 1 is 1.08 bits per heavy atom. The van der Waals surface area contributed by atoms with Gasteiger partial charge in [-0.3, -0.25) is 30.2 Å². The van der Waals surface area contributed by atoms with E-state index >= 15 is 0 Å². The van der Waals surface area contributed by atoms with Crippen LogP contribution in [0.25, 0.3) is 0 Å². The van der Waals surface area contributed by atoms with Gasteiger partial charge < -0.3 is 10.5 Å². The third-order valence-corrected chi connectivity index (χ3v) is 7.10. The minimum absolute atomic E-state index is 0.00926. The molecule has 2 rings (SSSR count). The lowest BCUT2D eigenvalue weighted by Gasteiger charge is -2.24. The molecule has 0 saturated heterocycles. The summed E-state index contributed by atoms with van der Waals surface area (Å²) in [5.41, 5.74) is 4.65. The number of hydrogen-bond donors (Lipinski definition) is 3. The van der Waals surface area contributed by atoms with E-state index in [0.717, 1.165) is 18.2 Å². The number of unbranched alkanes of at least 4 members (excludes halogenated alkanes) is 1. The first-order valence-corrected chi connectivity index (χ1v) is 13.0. The standard InChI is InChI=1S/C21H24ClN5O10S/c22-14-7-9-15(10-8-14)38(35,36)13-12-37-21(29)24-25(30)18(4-1-2-11-23)20(28)19-16(26(31)32)5-3-6-17(19)27(33)34/h3,5-10,18,30H,1-2,4,11-13,23H2,(H,24,29)/t18-/m0/s1. The largest absolute Gasteiger partial charge is 0.447 e. The van der Waals surface area contributed by atoms with E-state index in [1.165, 1.54) is 24.3 Å². The van der Waals surface area contributed by atoms with Crippen molar-refractivity contribution < 1.29 is 37.8 Å². The number of Topliss-reactive ketones (excluding diaryl/α,β-unsaturated/α-hetero) is 1. The Balaban J connectivity index is 2.17. The lowest BCUT2D eigenvalue weighted by atomic mass is 9.97. The summed E-state index contributed by atoms with van der Waals surface area (Å²) in [4.78, 5) is 46.2. The van der Waals surface area contributed by atoms with Crippen molar-refractivity contribution in [3.8, 4) is 0 Å². The van der Waals surface area contributed by atoms with E-state index in [-0.39, 0.29) is 29.5 Å². The quantitative estimate of drug-likeness (QED) is 0.128. The van der Waals surface area contributed by atoms with Crippen LogP contribution in [0.3, 0.4) is 0 Å². The maximum Gasteiger partial charge on any atom is 0.423 e. The lowest BCUT2D eigenvalue weighted by molar-refractivity contribution is -0.394. The second kappa shape index (κ2) is 13.7. The maximum atomic E-state index is 13.2. The lowest BCUT2D eigenvalue weighted by Crippen LogP contribution is -2.50. The minimum Gasteiger partial charge on any atom is -0.447 e. The zero-order valence-electron chi connectivity index (χ0n) is 19.7. The summed E-state index contributed by atoms with van der Waals surface area (Å²) in [6, 6.07) is 6.39. The van der Waals surface area contributed by atoms with Crippen molar-refractivity contribution >= 4 is 44.7 Å². The molecule has 0 aromatic heterocycles. The Hall–Kier alpha value is -3.70. The molecule has 0 aliphatic heterocycles. The number of hydrazine groups is 1. The van der Waals surface area contributed by atoms with E-state index in [4.69, 9.17) is 22.1 Å². The van der Waals surface area contributed by atoms with Crippen LogP contribution in [0.2, 0.25) is 5.02 Å². The average molecular weight is 574 g/mol. The number of benzene rings is 2. The Morgan fingerprint density at radius 2 is 1.66 bits per heavy atom. The van der Waals surface area contributed by atoms with Crippen molar-refractivity contribution in [1.29, 1.82) is 0 Å². The molecular weight excluding hydrogens is 550 g/mol. The van der Waals surface area contributed by atoms with Gasteiger partial charge in [0.05, 0.1) is 20.5 Å². The molecule has 15 nitrogen and oxygen atoms in total. The van der Waals surface area contributed by atoms with Crippen LogP contribution in [0.15, 0.2) is 47.4 Å². The highest BCUT2D eigenvalue weighted by atomic mass is 35.5. The molecule has 2 aromatic rings. The van der Waals surface area contributed by atoms with Crippen LogP contribution in [-0.4, -0.2) is 65.5 Å². The van der Waals surface area contributed by atoms with E-state index in [1.807, 2.05) is 5.43 Å². The summed E-state index contributed by atoms with van der Waals surface area (Å²) in [7, 11) is -3.84. The van der Waals surface area contributed by atoms with Crippen molar-refractivity contribution in [2.75, 3.05) is 18.9 Å². The van der Waals surface area contributed by atoms with Crippen LogP contribution in [0.5, 0.6) is 0 Å². The monoisotopic (exact) mass is 573 g/mol. The van der Waals surface area contributed by atoms with Crippen LogP contribution in [0, 0.1) is 20.2 Å². The first-order valence-electron chi connectivity index (χ1n) is 10.9. The molecule has 2 aromatic carbocycles. The van der Waals surface area contributed by atoms with E-state index in [0.29, 0.717) is 11.4 Å². The van der Waals surface area contributed by atoms with Crippen LogP contribution in [0.4, 0.5) is 16.2 Å². The van der Waals surface area contributed by atoms with Gasteiger partial charge in [-0.2, -0.15) is 0 Å². The SMILES string of the molecule is NCCCC[C@@H](C(=O)c1c([N+](=O)[O-])cccc1[N+](=O)[O-])N(O)NC(=O)OCCS(=O)(=O)c1ccc(Cl)cc1. The number of sulfone groups is 1. The number of carbonyl (C=O) groups is 2. The summed E-state index contributed by atoms with van der Waals surface area (Å²) in [6.07, 6.45) is -0.994. The van der Waals surface area contributed by atoms with Crippen molar-refractivity contribution in [2.24, 2.45) is 5.73 Å². The number of rotatable bonds is 14. The zero-order chi connectivity index (χ0) is 28.5. The molecule has 0 unspecified atom stereocenters. The smallest absolute Gasteiger partial charge is 0.423 e. The fourth-order valence-electron chi connectivity index (χ4n) is 3.31. The molecule has 0 aliphatic carbocycles. The van der Waals surface area contributed by atoms with Gasteiger partial charge in [0.15, 0.2) is 21.2 Å². The van der Waals surface area contributed by atoms with Crippen LogP contribution < -0.4 is 11.2 Å². The van der Waals surface area contributed by atoms with Gasteiger partial charge in [-0.15, -0.1) is 0 Å². The number of ether oxygens (including phenoxy) is 1. The van der Waals surface area contributed by atoms with Crippen LogP contribution in [-0.2, 0) is 14.6 Å². The molecule has 206 valence electrons.